The molecule has 2 rings (SSSR count). The molecule has 0 spiro atoms. The van der Waals surface area contributed by atoms with Gasteiger partial charge in [0, 0.05) is 18.2 Å². The van der Waals surface area contributed by atoms with Crippen LogP contribution in [0, 0.1) is 11.8 Å². The van der Waals surface area contributed by atoms with Gasteiger partial charge in [-0.05, 0) is 19.8 Å². The summed E-state index contributed by atoms with van der Waals surface area (Å²) in [6, 6.07) is -0.383. The molecule has 1 saturated heterocycles. The number of nitrogens with one attached hydrogen (secondary N) is 2. The molecular formula is C13H20N2O4. The van der Waals surface area contributed by atoms with Gasteiger partial charge >= 0.3 is 5.97 Å². The fourth-order valence-electron chi connectivity index (χ4n) is 2.34. The third kappa shape index (κ3) is 3.33. The minimum absolute atomic E-state index is 0.0191. The largest absolute Gasteiger partial charge is 0.466 e. The zero-order chi connectivity index (χ0) is 14.0. The van der Waals surface area contributed by atoms with E-state index in [-0.39, 0.29) is 29.8 Å². The molecule has 0 aromatic rings. The lowest BCUT2D eigenvalue weighted by atomic mass is 10.2. The molecule has 1 aliphatic heterocycles. The Balaban J connectivity index is 1.76. The number of allylic oxidation sites excluding steroid dienone is 1. The molecule has 19 heavy (non-hydrogen) atoms. The van der Waals surface area contributed by atoms with E-state index in [1.165, 1.54) is 0 Å². The first-order valence-corrected chi connectivity index (χ1v) is 6.60. The maximum absolute atomic E-state index is 11.9. The van der Waals surface area contributed by atoms with Crippen molar-refractivity contribution >= 4 is 11.9 Å². The minimum atomic E-state index is -0.475. The second-order valence-corrected chi connectivity index (χ2v) is 5.07. The summed E-state index contributed by atoms with van der Waals surface area (Å²) in [6.45, 7) is 6.37. The quantitative estimate of drug-likeness (QED) is 0.587. The van der Waals surface area contributed by atoms with Gasteiger partial charge in [0.15, 0.2) is 0 Å². The minimum Gasteiger partial charge on any atom is -0.466 e. The zero-order valence-electron chi connectivity index (χ0n) is 11.0. The maximum atomic E-state index is 11.9. The van der Waals surface area contributed by atoms with Gasteiger partial charge in [-0.15, -0.1) is 0 Å². The fraction of sp³-hybridized carbons (Fsp3) is 0.692. The highest BCUT2D eigenvalue weighted by molar-refractivity contribution is 5.84. The average molecular weight is 268 g/mol. The Hall–Kier alpha value is -1.40. The first-order chi connectivity index (χ1) is 9.02. The van der Waals surface area contributed by atoms with Crippen molar-refractivity contribution in [1.29, 1.82) is 0 Å². The zero-order valence-corrected chi connectivity index (χ0v) is 11.0. The summed E-state index contributed by atoms with van der Waals surface area (Å²) in [4.78, 5) is 23.4. The van der Waals surface area contributed by atoms with Crippen molar-refractivity contribution in [3.8, 4) is 0 Å². The van der Waals surface area contributed by atoms with Crippen molar-refractivity contribution in [1.82, 2.24) is 10.6 Å². The fourth-order valence-corrected chi connectivity index (χ4v) is 2.34. The summed E-state index contributed by atoms with van der Waals surface area (Å²) in [5.41, 5.74) is 0.561. The first kappa shape index (κ1) is 14.0. The molecule has 0 aromatic heterocycles. The number of carbonyl (C=O) groups is 2. The van der Waals surface area contributed by atoms with Gasteiger partial charge in [-0.25, -0.2) is 0 Å². The average Bonchev–Trinajstić information content (AvgIpc) is 3.05. The molecule has 4 atom stereocenters. The van der Waals surface area contributed by atoms with E-state index in [9.17, 15) is 14.7 Å². The van der Waals surface area contributed by atoms with Crippen molar-refractivity contribution in [3.05, 3.63) is 12.3 Å². The number of aliphatic hydroxyl groups excluding tert-OH is 1. The Morgan fingerprint density at radius 2 is 2.16 bits per heavy atom. The van der Waals surface area contributed by atoms with Crippen LogP contribution >= 0.6 is 0 Å². The molecule has 0 aromatic carbocycles. The van der Waals surface area contributed by atoms with Gasteiger partial charge in [0.05, 0.1) is 24.7 Å². The van der Waals surface area contributed by atoms with Gasteiger partial charge in [0.2, 0.25) is 5.91 Å². The Kier molecular flexibility index (Phi) is 4.21. The number of hydrogen-bond acceptors (Lipinski definition) is 5. The molecule has 0 radical (unpaired) electrons. The Labute approximate surface area is 112 Å². The molecule has 106 valence electrons. The van der Waals surface area contributed by atoms with Crippen LogP contribution in [0.1, 0.15) is 19.8 Å². The monoisotopic (exact) mass is 268 g/mol. The first-order valence-electron chi connectivity index (χ1n) is 6.60. The van der Waals surface area contributed by atoms with Crippen LogP contribution in [0.25, 0.3) is 0 Å². The van der Waals surface area contributed by atoms with E-state index in [1.54, 1.807) is 6.92 Å². The highest BCUT2D eigenvalue weighted by Gasteiger charge is 2.46. The molecule has 0 bridgehead atoms. The van der Waals surface area contributed by atoms with Gasteiger partial charge in [-0.2, -0.15) is 0 Å². The number of hydrogen-bond donors (Lipinski definition) is 3. The van der Waals surface area contributed by atoms with Crippen LogP contribution in [-0.2, 0) is 14.3 Å². The van der Waals surface area contributed by atoms with Crippen LogP contribution in [0.4, 0.5) is 0 Å². The number of carbonyl (C=O) groups excluding carboxylic acids is 2. The van der Waals surface area contributed by atoms with E-state index in [2.05, 4.69) is 17.2 Å². The number of esters is 1. The summed E-state index contributed by atoms with van der Waals surface area (Å²) in [6.07, 6.45) is 0.612. The van der Waals surface area contributed by atoms with Crippen molar-refractivity contribution in [2.24, 2.45) is 11.8 Å². The molecular weight excluding hydrogens is 248 g/mol. The van der Waals surface area contributed by atoms with Crippen molar-refractivity contribution in [2.45, 2.75) is 31.9 Å². The molecule has 1 amide bonds. The highest BCUT2D eigenvalue weighted by Crippen LogP contribution is 2.43. The lowest BCUT2D eigenvalue weighted by Gasteiger charge is -2.12. The molecule has 6 heteroatoms. The molecule has 1 saturated carbocycles. The molecule has 6 nitrogen and oxygen atoms in total. The van der Waals surface area contributed by atoms with Crippen LogP contribution in [0.3, 0.4) is 0 Å². The lowest BCUT2D eigenvalue weighted by molar-refractivity contribution is -0.145. The predicted molar refractivity (Wildman–Crippen MR) is 67.9 cm³/mol. The van der Waals surface area contributed by atoms with Gasteiger partial charge in [0.1, 0.15) is 0 Å². The van der Waals surface area contributed by atoms with E-state index in [4.69, 9.17) is 4.74 Å². The Morgan fingerprint density at radius 1 is 1.42 bits per heavy atom. The normalized spacial score (nSPS) is 32.7. The Morgan fingerprint density at radius 3 is 2.74 bits per heavy atom. The van der Waals surface area contributed by atoms with Crippen LogP contribution in [0.15, 0.2) is 12.3 Å². The predicted octanol–water partition coefficient (Wildman–Crippen LogP) is -0.462. The maximum Gasteiger partial charge on any atom is 0.309 e. The molecule has 1 heterocycles. The van der Waals surface area contributed by atoms with E-state index >= 15 is 0 Å². The van der Waals surface area contributed by atoms with Gasteiger partial charge in [-0.1, -0.05) is 6.58 Å². The van der Waals surface area contributed by atoms with E-state index in [1.807, 2.05) is 0 Å². The summed E-state index contributed by atoms with van der Waals surface area (Å²) in [5.74, 6) is -0.613. The van der Waals surface area contributed by atoms with Crippen molar-refractivity contribution in [2.75, 3.05) is 13.2 Å². The van der Waals surface area contributed by atoms with Crippen LogP contribution in [0.5, 0.6) is 0 Å². The van der Waals surface area contributed by atoms with Gasteiger partial charge in [-0.3, -0.25) is 9.59 Å². The van der Waals surface area contributed by atoms with E-state index in [0.29, 0.717) is 31.7 Å². The third-order valence-corrected chi connectivity index (χ3v) is 3.54. The summed E-state index contributed by atoms with van der Waals surface area (Å²) >= 11 is 0. The van der Waals surface area contributed by atoms with Gasteiger partial charge < -0.3 is 20.5 Å². The highest BCUT2D eigenvalue weighted by atomic mass is 16.5. The summed E-state index contributed by atoms with van der Waals surface area (Å²) in [5, 5.41) is 15.0. The van der Waals surface area contributed by atoms with E-state index in [0.717, 1.165) is 0 Å². The second-order valence-electron chi connectivity index (χ2n) is 5.07. The number of aliphatic hydroxyl groups is 1. The Bertz CT molecular complexity index is 396. The van der Waals surface area contributed by atoms with Crippen LogP contribution < -0.4 is 10.6 Å². The third-order valence-electron chi connectivity index (χ3n) is 3.54. The number of ether oxygens (including phenoxy) is 1. The topological polar surface area (TPSA) is 87.7 Å². The van der Waals surface area contributed by atoms with Crippen molar-refractivity contribution in [3.63, 3.8) is 0 Å². The summed E-state index contributed by atoms with van der Waals surface area (Å²) < 4.78 is 4.93. The number of β-amino-alcohol motifs (C(OH)–C–C–N with tert-alkyl or cyclic N) is 1. The molecule has 0 unspecified atom stereocenters. The van der Waals surface area contributed by atoms with Crippen molar-refractivity contribution < 1.29 is 19.4 Å². The smallest absolute Gasteiger partial charge is 0.309 e. The molecule has 1 aliphatic carbocycles. The number of amides is 1. The van der Waals surface area contributed by atoms with Gasteiger partial charge in [0.25, 0.3) is 0 Å². The second kappa shape index (κ2) is 5.71. The van der Waals surface area contributed by atoms with Crippen LogP contribution in [-0.4, -0.2) is 42.3 Å². The standard InChI is InChI=1S/C13H20N2O4/c1-3-19-13(18)10-5-9(10)7(2)15-12(17)11-4-8(16)6-14-11/h8-11,14,16H,2-6H2,1H3,(H,15,17)/t8-,9-,10-,11+/m1/s1. The lowest BCUT2D eigenvalue weighted by Crippen LogP contribution is -2.40. The molecule has 2 aliphatic rings. The summed E-state index contributed by atoms with van der Waals surface area (Å²) in [7, 11) is 0. The van der Waals surface area contributed by atoms with E-state index < -0.39 is 6.10 Å². The van der Waals surface area contributed by atoms with Crippen LogP contribution in [0.2, 0.25) is 0 Å². The SMILES string of the molecule is C=C(NC(=O)[C@@H]1C[C@@H](O)CN1)[C@H]1C[C@H]1C(=O)OCC. The number of rotatable bonds is 5. The molecule has 2 fully saturated rings. The molecule has 3 N–H and O–H groups in total.